The van der Waals surface area contributed by atoms with Crippen molar-refractivity contribution in [2.75, 3.05) is 31.8 Å². The monoisotopic (exact) mass is 578 g/mol. The van der Waals surface area contributed by atoms with E-state index in [4.69, 9.17) is 14.2 Å². The van der Waals surface area contributed by atoms with E-state index in [0.717, 1.165) is 12.5 Å². The molecule has 0 saturated carbocycles. The van der Waals surface area contributed by atoms with Crippen LogP contribution in [0.3, 0.4) is 0 Å². The topological polar surface area (TPSA) is 65.0 Å². The van der Waals surface area contributed by atoms with Gasteiger partial charge in [-0.1, -0.05) is 68.1 Å². The smallest absolute Gasteiger partial charge is 0.314 e. The molecule has 2 unspecified atom stereocenters. The zero-order valence-electron chi connectivity index (χ0n) is 25.7. The third-order valence-corrected chi connectivity index (χ3v) is 13.2. The molecular formula is C29H58O5S2Si. The first-order valence-electron chi connectivity index (χ1n) is 14.4. The summed E-state index contributed by atoms with van der Waals surface area (Å²) in [6.07, 6.45) is 1.55. The van der Waals surface area contributed by atoms with E-state index >= 15 is 0 Å². The van der Waals surface area contributed by atoms with Gasteiger partial charge in [0, 0.05) is 28.2 Å². The maximum Gasteiger partial charge on any atom is 0.314 e. The molecule has 0 radical (unpaired) electrons. The van der Waals surface area contributed by atoms with Crippen LogP contribution < -0.4 is 0 Å². The van der Waals surface area contributed by atoms with Crippen LogP contribution in [-0.4, -0.2) is 73.4 Å². The molecule has 5 nitrogen and oxygen atoms in total. The van der Waals surface area contributed by atoms with Crippen molar-refractivity contribution in [1.29, 1.82) is 0 Å². The van der Waals surface area contributed by atoms with Crippen LogP contribution >= 0.6 is 23.5 Å². The molecule has 0 spiro atoms. The Balaban J connectivity index is 3.12. The quantitative estimate of drug-likeness (QED) is 0.111. The van der Waals surface area contributed by atoms with Crippen molar-refractivity contribution < 1.29 is 24.1 Å². The van der Waals surface area contributed by atoms with Gasteiger partial charge in [-0.15, -0.1) is 23.5 Å². The number of aliphatic hydroxyl groups is 1. The zero-order valence-corrected chi connectivity index (χ0v) is 28.3. The lowest BCUT2D eigenvalue weighted by atomic mass is 9.86. The molecule has 0 aliphatic carbocycles. The lowest BCUT2D eigenvalue weighted by molar-refractivity contribution is -0.168. The fourth-order valence-electron chi connectivity index (χ4n) is 4.72. The Kier molecular flexibility index (Phi) is 15.8. The normalized spacial score (nSPS) is 20.6. The Labute approximate surface area is 238 Å². The maximum absolute atomic E-state index is 13.7. The molecule has 1 N–H and O–H groups in total. The number of ether oxygens (including phenoxy) is 3. The summed E-state index contributed by atoms with van der Waals surface area (Å²) >= 11 is 4.16. The highest BCUT2D eigenvalue weighted by atomic mass is 32.2. The minimum Gasteiger partial charge on any atom is -0.462 e. The summed E-state index contributed by atoms with van der Waals surface area (Å²) in [5.41, 5.74) is 0. The summed E-state index contributed by atoms with van der Waals surface area (Å²) in [6.45, 7) is 22.9. The molecular weight excluding hydrogens is 521 g/mol. The number of aliphatic hydroxyl groups excluding tert-OH is 1. The van der Waals surface area contributed by atoms with Gasteiger partial charge in [0.15, 0.2) is 0 Å². The van der Waals surface area contributed by atoms with Gasteiger partial charge in [0.1, 0.15) is 12.0 Å². The molecule has 0 bridgehead atoms. The number of esters is 1. The Morgan fingerprint density at radius 1 is 1.00 bits per heavy atom. The average Bonchev–Trinajstić information content (AvgIpc) is 2.79. The highest BCUT2D eigenvalue weighted by Gasteiger charge is 2.43. The van der Waals surface area contributed by atoms with Gasteiger partial charge in [0.05, 0.1) is 22.9 Å². The molecule has 0 aromatic rings. The van der Waals surface area contributed by atoms with Gasteiger partial charge < -0.3 is 19.3 Å². The Morgan fingerprint density at radius 2 is 1.59 bits per heavy atom. The molecule has 0 aromatic carbocycles. The van der Waals surface area contributed by atoms with Gasteiger partial charge in [-0.3, -0.25) is 4.79 Å². The Hall–Kier alpha value is 0.267. The molecule has 1 fully saturated rings. The van der Waals surface area contributed by atoms with Crippen LogP contribution in [0.1, 0.15) is 67.7 Å². The molecule has 0 amide bonds. The number of hydrogen-bond acceptors (Lipinski definition) is 7. The molecule has 0 aromatic heterocycles. The van der Waals surface area contributed by atoms with Crippen molar-refractivity contribution in [2.45, 2.75) is 116 Å². The number of methoxy groups -OCH3 is 1. The van der Waals surface area contributed by atoms with Crippen molar-refractivity contribution in [3.63, 3.8) is 0 Å². The third kappa shape index (κ3) is 12.1. The first-order valence-corrected chi connectivity index (χ1v) is 20.1. The minimum absolute atomic E-state index is 0.114. The lowest BCUT2D eigenvalue weighted by Gasteiger charge is -2.43. The fourth-order valence-corrected chi connectivity index (χ4v) is 9.19. The van der Waals surface area contributed by atoms with E-state index in [9.17, 15) is 9.90 Å². The Bertz CT molecular complexity index is 647. The van der Waals surface area contributed by atoms with Crippen LogP contribution in [0, 0.1) is 29.6 Å². The van der Waals surface area contributed by atoms with E-state index < -0.39 is 20.1 Å². The van der Waals surface area contributed by atoms with E-state index in [1.165, 1.54) is 17.9 Å². The zero-order chi connectivity index (χ0) is 28.4. The van der Waals surface area contributed by atoms with Gasteiger partial charge >= 0.3 is 5.97 Å². The number of carbonyl (C=O) groups excluding carboxylic acids is 1. The van der Waals surface area contributed by atoms with Gasteiger partial charge in [-0.05, 0) is 54.1 Å². The fraction of sp³-hybridized carbons (Fsp3) is 0.966. The third-order valence-electron chi connectivity index (χ3n) is 7.55. The maximum atomic E-state index is 13.7. The van der Waals surface area contributed by atoms with Crippen molar-refractivity contribution in [3.8, 4) is 0 Å². The molecule has 1 aliphatic heterocycles. The average molecular weight is 579 g/mol. The molecule has 1 aliphatic rings. The molecule has 5 atom stereocenters. The minimum atomic E-state index is -1.24. The van der Waals surface area contributed by atoms with Crippen molar-refractivity contribution >= 4 is 37.6 Å². The lowest BCUT2D eigenvalue weighted by Crippen LogP contribution is -2.44. The summed E-state index contributed by atoms with van der Waals surface area (Å²) < 4.78 is 18.5. The summed E-state index contributed by atoms with van der Waals surface area (Å²) in [5, 5.41) is 10.5. The number of thioether (sulfide) groups is 2. The SMILES string of the molecule is CO[C@@H]([C@H](C)CC1(C(C)C)SCCCS1)[C@@H](COCC[Si](C)(C)C)C(=O)OC(CC(O)C(C)C)C(C)C. The largest absolute Gasteiger partial charge is 0.462 e. The molecule has 1 heterocycles. The highest BCUT2D eigenvalue weighted by molar-refractivity contribution is 8.18. The van der Waals surface area contributed by atoms with Crippen LogP contribution in [0.5, 0.6) is 0 Å². The second kappa shape index (κ2) is 16.5. The molecule has 1 rings (SSSR count). The van der Waals surface area contributed by atoms with Gasteiger partial charge in [-0.25, -0.2) is 0 Å². The highest BCUT2D eigenvalue weighted by Crippen LogP contribution is 2.52. The van der Waals surface area contributed by atoms with E-state index in [1.54, 1.807) is 7.11 Å². The summed E-state index contributed by atoms with van der Waals surface area (Å²) in [5.74, 6) is 2.55. The van der Waals surface area contributed by atoms with Crippen LogP contribution in [0.4, 0.5) is 0 Å². The van der Waals surface area contributed by atoms with Crippen LogP contribution in [-0.2, 0) is 19.0 Å². The van der Waals surface area contributed by atoms with Gasteiger partial charge in [-0.2, -0.15) is 0 Å². The summed E-state index contributed by atoms with van der Waals surface area (Å²) in [4.78, 5) is 13.7. The summed E-state index contributed by atoms with van der Waals surface area (Å²) in [6, 6.07) is 1.06. The molecule has 8 heteroatoms. The first-order chi connectivity index (χ1) is 17.1. The van der Waals surface area contributed by atoms with Crippen LogP contribution in [0.15, 0.2) is 0 Å². The van der Waals surface area contributed by atoms with Crippen LogP contribution in [0.25, 0.3) is 0 Å². The Morgan fingerprint density at radius 3 is 2.05 bits per heavy atom. The van der Waals surface area contributed by atoms with E-state index in [0.29, 0.717) is 25.6 Å². The first kappa shape index (κ1) is 35.3. The number of rotatable bonds is 17. The van der Waals surface area contributed by atoms with E-state index in [-0.39, 0.29) is 40.0 Å². The van der Waals surface area contributed by atoms with Crippen LogP contribution in [0.2, 0.25) is 25.7 Å². The molecule has 37 heavy (non-hydrogen) atoms. The predicted molar refractivity (Wildman–Crippen MR) is 164 cm³/mol. The second-order valence-electron chi connectivity index (χ2n) is 13.2. The molecule has 220 valence electrons. The standard InChI is InChI=1S/C29H58O5S2Si/c1-20(2)25(30)17-26(21(3)4)34-28(31)24(19-33-13-16-37(9,10)11)27(32-8)23(7)18-29(22(5)6)35-14-12-15-36-29/h20-27,30H,12-19H2,1-11H3/t23-,24-,25?,26?,27+/m1/s1. The van der Waals surface area contributed by atoms with Crippen molar-refractivity contribution in [1.82, 2.24) is 0 Å². The van der Waals surface area contributed by atoms with Crippen molar-refractivity contribution in [3.05, 3.63) is 0 Å². The number of hydrogen-bond donors (Lipinski definition) is 1. The molecule has 1 saturated heterocycles. The van der Waals surface area contributed by atoms with Gasteiger partial charge in [0.25, 0.3) is 0 Å². The van der Waals surface area contributed by atoms with E-state index in [1.807, 2.05) is 27.7 Å². The second-order valence-corrected chi connectivity index (χ2v) is 21.9. The predicted octanol–water partition coefficient (Wildman–Crippen LogP) is 7.20. The number of carbonyl (C=O) groups is 1. The van der Waals surface area contributed by atoms with E-state index in [2.05, 4.69) is 63.9 Å². The van der Waals surface area contributed by atoms with Gasteiger partial charge in [0.2, 0.25) is 0 Å². The van der Waals surface area contributed by atoms with Crippen molar-refractivity contribution in [2.24, 2.45) is 29.6 Å². The summed E-state index contributed by atoms with van der Waals surface area (Å²) in [7, 11) is 0.476.